The van der Waals surface area contributed by atoms with Crippen molar-refractivity contribution in [1.29, 1.82) is 0 Å². The van der Waals surface area contributed by atoms with Crippen LogP contribution in [0.5, 0.6) is 0 Å². The molecule has 0 aliphatic carbocycles. The summed E-state index contributed by atoms with van der Waals surface area (Å²) in [7, 11) is -3.68. The van der Waals surface area contributed by atoms with Crippen molar-refractivity contribution in [2.24, 2.45) is 5.14 Å². The number of primary sulfonamides is 1. The predicted octanol–water partition coefficient (Wildman–Crippen LogP) is 1.33. The van der Waals surface area contributed by atoms with Crippen LogP contribution in [0, 0.1) is 0 Å². The molecular weight excluding hydrogens is 398 g/mol. The lowest BCUT2D eigenvalue weighted by atomic mass is 10.1. The predicted molar refractivity (Wildman–Crippen MR) is 106 cm³/mol. The van der Waals surface area contributed by atoms with Gasteiger partial charge in [-0.15, -0.1) is 11.3 Å². The average molecular weight is 418 g/mol. The average Bonchev–Trinajstić information content (AvgIpc) is 3.33. The molecule has 4 rings (SSSR count). The zero-order chi connectivity index (χ0) is 19.7. The van der Waals surface area contributed by atoms with E-state index in [4.69, 9.17) is 5.14 Å². The van der Waals surface area contributed by atoms with Gasteiger partial charge in [-0.3, -0.25) is 10.1 Å². The second-order valence-corrected chi connectivity index (χ2v) is 8.96. The van der Waals surface area contributed by atoms with Gasteiger partial charge in [0.15, 0.2) is 0 Å². The summed E-state index contributed by atoms with van der Waals surface area (Å²) in [6.45, 7) is 1.09. The third-order valence-corrected chi connectivity index (χ3v) is 6.36. The molecule has 146 valence electrons. The molecule has 0 saturated heterocycles. The molecule has 28 heavy (non-hydrogen) atoms. The molecule has 10 heteroatoms. The standard InChI is InChI=1S/C18H19N5O3S2/c19-28(25,26)13-5-3-12(4-6-13)7-8-20-17-11-21-18(24)15-10-14(22-23(15)17)16-2-1-9-27-16/h1-6,9-10,17,20H,7-8,11H2,(H,21,24)(H2,19,25,26)/t17-/m0/s1. The first kappa shape index (κ1) is 18.8. The highest BCUT2D eigenvalue weighted by Crippen LogP contribution is 2.26. The molecule has 1 amide bonds. The van der Waals surface area contributed by atoms with Crippen molar-refractivity contribution in [2.45, 2.75) is 17.5 Å². The highest BCUT2D eigenvalue weighted by atomic mass is 32.2. The number of nitrogens with two attached hydrogens (primary N) is 1. The van der Waals surface area contributed by atoms with E-state index in [1.54, 1.807) is 34.2 Å². The molecule has 0 saturated carbocycles. The van der Waals surface area contributed by atoms with Gasteiger partial charge in [0.05, 0.1) is 16.3 Å². The van der Waals surface area contributed by atoms with E-state index in [0.717, 1.165) is 16.1 Å². The number of nitrogens with zero attached hydrogens (tertiary/aromatic N) is 2. The van der Waals surface area contributed by atoms with Crippen LogP contribution < -0.4 is 15.8 Å². The molecule has 0 radical (unpaired) electrons. The number of fused-ring (bicyclic) bond motifs is 1. The van der Waals surface area contributed by atoms with Crippen LogP contribution in [0.4, 0.5) is 0 Å². The Balaban J connectivity index is 1.44. The molecule has 1 aliphatic heterocycles. The lowest BCUT2D eigenvalue weighted by Crippen LogP contribution is -2.45. The Labute approximate surface area is 166 Å². The molecule has 0 bridgehead atoms. The summed E-state index contributed by atoms with van der Waals surface area (Å²) in [5.41, 5.74) is 2.30. The number of carbonyl (C=O) groups is 1. The van der Waals surface area contributed by atoms with Crippen LogP contribution in [0.2, 0.25) is 0 Å². The highest BCUT2D eigenvalue weighted by Gasteiger charge is 2.27. The van der Waals surface area contributed by atoms with Crippen LogP contribution in [0.1, 0.15) is 22.2 Å². The van der Waals surface area contributed by atoms with Crippen LogP contribution in [0.25, 0.3) is 10.6 Å². The van der Waals surface area contributed by atoms with Gasteiger partial charge in [0, 0.05) is 6.54 Å². The summed E-state index contributed by atoms with van der Waals surface area (Å²) < 4.78 is 24.4. The van der Waals surface area contributed by atoms with Crippen molar-refractivity contribution in [2.75, 3.05) is 13.1 Å². The van der Waals surface area contributed by atoms with E-state index < -0.39 is 10.0 Å². The van der Waals surface area contributed by atoms with Gasteiger partial charge in [-0.25, -0.2) is 18.2 Å². The van der Waals surface area contributed by atoms with Crippen molar-refractivity contribution < 1.29 is 13.2 Å². The van der Waals surface area contributed by atoms with E-state index in [0.29, 0.717) is 25.2 Å². The smallest absolute Gasteiger partial charge is 0.269 e. The van der Waals surface area contributed by atoms with E-state index in [9.17, 15) is 13.2 Å². The van der Waals surface area contributed by atoms with Gasteiger partial charge in [-0.1, -0.05) is 18.2 Å². The summed E-state index contributed by atoms with van der Waals surface area (Å²) in [5.74, 6) is -0.132. The highest BCUT2D eigenvalue weighted by molar-refractivity contribution is 7.89. The minimum atomic E-state index is -3.68. The molecule has 1 aromatic carbocycles. The summed E-state index contributed by atoms with van der Waals surface area (Å²) >= 11 is 1.58. The van der Waals surface area contributed by atoms with E-state index in [1.165, 1.54) is 12.1 Å². The molecule has 3 aromatic rings. The SMILES string of the molecule is NS(=O)(=O)c1ccc(CCN[C@@H]2CNC(=O)c3cc(-c4cccs4)nn32)cc1. The van der Waals surface area contributed by atoms with Crippen molar-refractivity contribution in [3.8, 4) is 10.6 Å². The van der Waals surface area contributed by atoms with Crippen LogP contribution in [-0.2, 0) is 16.4 Å². The fourth-order valence-corrected chi connectivity index (χ4v) is 4.30. The van der Waals surface area contributed by atoms with E-state index in [-0.39, 0.29) is 17.0 Å². The molecule has 2 aromatic heterocycles. The molecule has 4 N–H and O–H groups in total. The maximum absolute atomic E-state index is 12.2. The van der Waals surface area contributed by atoms with Crippen molar-refractivity contribution in [3.63, 3.8) is 0 Å². The third kappa shape index (κ3) is 3.85. The van der Waals surface area contributed by atoms with Gasteiger partial charge in [0.1, 0.15) is 17.6 Å². The first-order valence-corrected chi connectivity index (χ1v) is 11.1. The number of hydrogen-bond donors (Lipinski definition) is 3. The topological polar surface area (TPSA) is 119 Å². The van der Waals surface area contributed by atoms with Gasteiger partial charge >= 0.3 is 0 Å². The summed E-state index contributed by atoms with van der Waals surface area (Å²) in [6, 6.07) is 12.2. The number of carbonyl (C=O) groups excluding carboxylic acids is 1. The van der Waals surface area contributed by atoms with Gasteiger partial charge in [0.2, 0.25) is 10.0 Å². The van der Waals surface area contributed by atoms with Crippen LogP contribution >= 0.6 is 11.3 Å². The zero-order valence-corrected chi connectivity index (χ0v) is 16.5. The molecule has 1 atom stereocenters. The molecule has 8 nitrogen and oxygen atoms in total. The van der Waals surface area contributed by atoms with E-state index >= 15 is 0 Å². The van der Waals surface area contributed by atoms with Gasteiger partial charge in [-0.05, 0) is 41.6 Å². The Bertz CT molecular complexity index is 1090. The van der Waals surface area contributed by atoms with Gasteiger partial charge < -0.3 is 5.32 Å². The maximum atomic E-state index is 12.2. The number of thiophene rings is 1. The second kappa shape index (κ2) is 7.47. The quantitative estimate of drug-likeness (QED) is 0.559. The summed E-state index contributed by atoms with van der Waals surface area (Å²) in [5, 5.41) is 18.0. The van der Waals surface area contributed by atoms with Crippen molar-refractivity contribution >= 4 is 27.3 Å². The molecule has 0 fully saturated rings. The van der Waals surface area contributed by atoms with Crippen LogP contribution in [-0.4, -0.2) is 37.2 Å². The van der Waals surface area contributed by atoms with Crippen LogP contribution in [0.3, 0.4) is 0 Å². The van der Waals surface area contributed by atoms with E-state index in [2.05, 4.69) is 15.7 Å². The number of nitrogens with one attached hydrogen (secondary N) is 2. The van der Waals surface area contributed by atoms with E-state index in [1.807, 2.05) is 17.5 Å². The number of amides is 1. The van der Waals surface area contributed by atoms with Crippen LogP contribution in [0.15, 0.2) is 52.7 Å². The molecule has 0 unspecified atom stereocenters. The first-order chi connectivity index (χ1) is 13.4. The number of rotatable bonds is 6. The maximum Gasteiger partial charge on any atom is 0.269 e. The Hall–Kier alpha value is -2.53. The normalized spacial score (nSPS) is 16.6. The summed E-state index contributed by atoms with van der Waals surface area (Å²) in [4.78, 5) is 13.3. The molecular formula is C18H19N5O3S2. The third-order valence-electron chi connectivity index (χ3n) is 4.54. The number of aromatic nitrogens is 2. The molecule has 0 spiro atoms. The summed E-state index contributed by atoms with van der Waals surface area (Å²) in [6.07, 6.45) is 0.550. The number of sulfonamides is 1. The minimum Gasteiger partial charge on any atom is -0.347 e. The largest absolute Gasteiger partial charge is 0.347 e. The zero-order valence-electron chi connectivity index (χ0n) is 14.8. The number of benzene rings is 1. The molecule has 1 aliphatic rings. The Morgan fingerprint density at radius 2 is 2.07 bits per heavy atom. The van der Waals surface area contributed by atoms with Gasteiger partial charge in [0.25, 0.3) is 5.91 Å². The molecule has 3 heterocycles. The Kier molecular flexibility index (Phi) is 5.02. The van der Waals surface area contributed by atoms with Crippen molar-refractivity contribution in [3.05, 3.63) is 59.1 Å². The van der Waals surface area contributed by atoms with Gasteiger partial charge in [-0.2, -0.15) is 5.10 Å². The fourth-order valence-electron chi connectivity index (χ4n) is 3.10. The second-order valence-electron chi connectivity index (χ2n) is 6.46. The number of hydrogen-bond acceptors (Lipinski definition) is 6. The fraction of sp³-hybridized carbons (Fsp3) is 0.222. The van der Waals surface area contributed by atoms with Crippen molar-refractivity contribution in [1.82, 2.24) is 20.4 Å². The Morgan fingerprint density at radius 3 is 2.75 bits per heavy atom. The lowest BCUT2D eigenvalue weighted by molar-refractivity contribution is 0.0900. The first-order valence-electron chi connectivity index (χ1n) is 8.68. The Morgan fingerprint density at radius 1 is 1.29 bits per heavy atom. The monoisotopic (exact) mass is 417 g/mol. The lowest BCUT2D eigenvalue weighted by Gasteiger charge is -2.25. The minimum absolute atomic E-state index is 0.0986.